The standard InChI is InChI=1S/C20H37N3O7/c1-5-21-20(26)18-12-17(30-16(4)24)13-23(18)19(25)14-29-11-10-28-9-8-27-7-6-22-15(2)3/h15,17-18,22H,5-14H2,1-4H3,(H,21,26). The smallest absolute Gasteiger partial charge is 0.302 e. The van der Waals surface area contributed by atoms with Crippen molar-refractivity contribution in [1.82, 2.24) is 15.5 Å². The molecule has 2 unspecified atom stereocenters. The third-order valence-electron chi connectivity index (χ3n) is 4.34. The molecule has 174 valence electrons. The number of hydrogen-bond acceptors (Lipinski definition) is 8. The Kier molecular flexibility index (Phi) is 13.2. The van der Waals surface area contributed by atoms with Crippen LogP contribution in [0.2, 0.25) is 0 Å². The van der Waals surface area contributed by atoms with E-state index in [-0.39, 0.29) is 38.0 Å². The quantitative estimate of drug-likeness (QED) is 0.268. The number of nitrogens with one attached hydrogen (secondary N) is 2. The summed E-state index contributed by atoms with van der Waals surface area (Å²) in [4.78, 5) is 37.4. The molecule has 10 heteroatoms. The zero-order valence-electron chi connectivity index (χ0n) is 18.6. The first-order valence-corrected chi connectivity index (χ1v) is 10.6. The van der Waals surface area contributed by atoms with Gasteiger partial charge in [-0.3, -0.25) is 14.4 Å². The van der Waals surface area contributed by atoms with Crippen LogP contribution in [0.15, 0.2) is 0 Å². The molecule has 0 aliphatic carbocycles. The minimum absolute atomic E-state index is 0.163. The summed E-state index contributed by atoms with van der Waals surface area (Å²) in [7, 11) is 0. The van der Waals surface area contributed by atoms with Crippen molar-refractivity contribution in [1.29, 1.82) is 0 Å². The third-order valence-corrected chi connectivity index (χ3v) is 4.34. The normalized spacial score (nSPS) is 18.6. The van der Waals surface area contributed by atoms with E-state index in [1.54, 1.807) is 6.92 Å². The third kappa shape index (κ3) is 10.9. The lowest BCUT2D eigenvalue weighted by Gasteiger charge is -2.23. The van der Waals surface area contributed by atoms with Crippen LogP contribution < -0.4 is 10.6 Å². The van der Waals surface area contributed by atoms with Crippen LogP contribution in [0.4, 0.5) is 0 Å². The van der Waals surface area contributed by atoms with Crippen molar-refractivity contribution in [3.8, 4) is 0 Å². The molecule has 1 heterocycles. The second-order valence-electron chi connectivity index (χ2n) is 7.31. The van der Waals surface area contributed by atoms with Crippen molar-refractivity contribution < 1.29 is 33.3 Å². The molecule has 0 radical (unpaired) electrons. The molecule has 0 aromatic rings. The van der Waals surface area contributed by atoms with Crippen molar-refractivity contribution in [2.75, 3.05) is 59.3 Å². The molecule has 1 saturated heterocycles. The molecule has 1 aliphatic rings. The van der Waals surface area contributed by atoms with E-state index in [4.69, 9.17) is 18.9 Å². The molecule has 30 heavy (non-hydrogen) atoms. The average molecular weight is 432 g/mol. The van der Waals surface area contributed by atoms with E-state index in [1.807, 2.05) is 0 Å². The number of rotatable bonds is 15. The van der Waals surface area contributed by atoms with E-state index in [0.29, 0.717) is 39.0 Å². The molecule has 0 saturated carbocycles. The summed E-state index contributed by atoms with van der Waals surface area (Å²) in [6.07, 6.45) is -0.203. The van der Waals surface area contributed by atoms with Crippen molar-refractivity contribution in [2.24, 2.45) is 0 Å². The fourth-order valence-electron chi connectivity index (χ4n) is 3.04. The van der Waals surface area contributed by atoms with E-state index in [2.05, 4.69) is 24.5 Å². The van der Waals surface area contributed by atoms with E-state index in [0.717, 1.165) is 6.54 Å². The van der Waals surface area contributed by atoms with E-state index in [9.17, 15) is 14.4 Å². The highest BCUT2D eigenvalue weighted by Crippen LogP contribution is 2.21. The summed E-state index contributed by atoms with van der Waals surface area (Å²) < 4.78 is 21.4. The van der Waals surface area contributed by atoms with Gasteiger partial charge in [0.15, 0.2) is 0 Å². The predicted molar refractivity (Wildman–Crippen MR) is 110 cm³/mol. The Morgan fingerprint density at radius 2 is 1.67 bits per heavy atom. The second kappa shape index (κ2) is 15.1. The SMILES string of the molecule is CCNC(=O)C1CC(OC(C)=O)CN1C(=O)COCCOCCOCCNC(C)C. The van der Waals surface area contributed by atoms with Gasteiger partial charge in [0.25, 0.3) is 0 Å². The molecule has 1 rings (SSSR count). The highest BCUT2D eigenvalue weighted by Gasteiger charge is 2.40. The number of carbonyl (C=O) groups is 3. The van der Waals surface area contributed by atoms with Crippen LogP contribution in [0.25, 0.3) is 0 Å². The number of hydrogen-bond donors (Lipinski definition) is 2. The summed E-state index contributed by atoms with van der Waals surface area (Å²) in [6.45, 7) is 10.7. The highest BCUT2D eigenvalue weighted by atomic mass is 16.5. The number of amides is 2. The van der Waals surface area contributed by atoms with Gasteiger partial charge in [0.05, 0.1) is 39.6 Å². The summed E-state index contributed by atoms with van der Waals surface area (Å²) in [5, 5.41) is 5.97. The molecule has 1 aliphatic heterocycles. The first kappa shape index (κ1) is 26.3. The fraction of sp³-hybridized carbons (Fsp3) is 0.850. The molecular weight excluding hydrogens is 394 g/mol. The summed E-state index contributed by atoms with van der Waals surface area (Å²) in [5.74, 6) is -1.01. The van der Waals surface area contributed by atoms with Crippen molar-refractivity contribution >= 4 is 17.8 Å². The molecule has 0 aromatic carbocycles. The number of nitrogens with zero attached hydrogens (tertiary/aromatic N) is 1. The van der Waals surface area contributed by atoms with Crippen LogP contribution in [0.1, 0.15) is 34.1 Å². The second-order valence-corrected chi connectivity index (χ2v) is 7.31. The highest BCUT2D eigenvalue weighted by molar-refractivity contribution is 5.89. The molecule has 1 fully saturated rings. The maximum atomic E-state index is 12.5. The van der Waals surface area contributed by atoms with Crippen LogP contribution in [0.3, 0.4) is 0 Å². The van der Waals surface area contributed by atoms with Gasteiger partial charge in [-0.05, 0) is 6.92 Å². The number of ether oxygens (including phenoxy) is 4. The summed E-state index contributed by atoms with van der Waals surface area (Å²) >= 11 is 0. The van der Waals surface area contributed by atoms with Gasteiger partial charge in [-0.15, -0.1) is 0 Å². The van der Waals surface area contributed by atoms with E-state index >= 15 is 0 Å². The minimum Gasteiger partial charge on any atom is -0.461 e. The number of likely N-dealkylation sites (tertiary alicyclic amines) is 1. The van der Waals surface area contributed by atoms with Crippen LogP contribution >= 0.6 is 0 Å². The van der Waals surface area contributed by atoms with Gasteiger partial charge in [-0.25, -0.2) is 0 Å². The Labute approximate surface area is 178 Å². The van der Waals surface area contributed by atoms with Gasteiger partial charge in [0.1, 0.15) is 18.8 Å². The summed E-state index contributed by atoms with van der Waals surface area (Å²) in [6, 6.07) is -0.224. The fourth-order valence-corrected chi connectivity index (χ4v) is 3.04. The van der Waals surface area contributed by atoms with Gasteiger partial charge >= 0.3 is 5.97 Å². The minimum atomic E-state index is -0.663. The number of likely N-dealkylation sites (N-methyl/N-ethyl adjacent to an activating group) is 1. The number of esters is 1. The molecule has 10 nitrogen and oxygen atoms in total. The molecule has 0 aromatic heterocycles. The maximum absolute atomic E-state index is 12.5. The Hall–Kier alpha value is -1.75. The Bertz CT molecular complexity index is 531. The first-order chi connectivity index (χ1) is 14.3. The molecular formula is C20H37N3O7. The van der Waals surface area contributed by atoms with Gasteiger partial charge in [0.2, 0.25) is 11.8 Å². The van der Waals surface area contributed by atoms with E-state index < -0.39 is 18.1 Å². The number of carbonyl (C=O) groups excluding carboxylic acids is 3. The maximum Gasteiger partial charge on any atom is 0.302 e. The Morgan fingerprint density at radius 1 is 1.03 bits per heavy atom. The van der Waals surface area contributed by atoms with Gasteiger partial charge in [-0.1, -0.05) is 13.8 Å². The van der Waals surface area contributed by atoms with Gasteiger partial charge in [-0.2, -0.15) is 0 Å². The average Bonchev–Trinajstić information content (AvgIpc) is 3.09. The Morgan fingerprint density at radius 3 is 2.27 bits per heavy atom. The van der Waals surface area contributed by atoms with Crippen LogP contribution in [-0.4, -0.2) is 100 Å². The Balaban J connectivity index is 2.22. The zero-order chi connectivity index (χ0) is 22.4. The first-order valence-electron chi connectivity index (χ1n) is 10.6. The largest absolute Gasteiger partial charge is 0.461 e. The van der Waals surface area contributed by atoms with Gasteiger partial charge < -0.3 is 34.5 Å². The monoisotopic (exact) mass is 431 g/mol. The zero-order valence-corrected chi connectivity index (χ0v) is 18.6. The summed E-state index contributed by atoms with van der Waals surface area (Å²) in [5.41, 5.74) is 0. The van der Waals surface area contributed by atoms with Crippen molar-refractivity contribution in [3.63, 3.8) is 0 Å². The van der Waals surface area contributed by atoms with Crippen LogP contribution in [-0.2, 0) is 33.3 Å². The van der Waals surface area contributed by atoms with E-state index in [1.165, 1.54) is 11.8 Å². The van der Waals surface area contributed by atoms with Crippen LogP contribution in [0, 0.1) is 0 Å². The van der Waals surface area contributed by atoms with Crippen LogP contribution in [0.5, 0.6) is 0 Å². The lowest BCUT2D eigenvalue weighted by atomic mass is 10.2. The van der Waals surface area contributed by atoms with Gasteiger partial charge in [0, 0.05) is 32.5 Å². The lowest BCUT2D eigenvalue weighted by Crippen LogP contribution is -2.47. The van der Waals surface area contributed by atoms with Crippen molar-refractivity contribution in [3.05, 3.63) is 0 Å². The van der Waals surface area contributed by atoms with Crippen molar-refractivity contribution in [2.45, 2.75) is 52.3 Å². The predicted octanol–water partition coefficient (Wildman–Crippen LogP) is -0.297. The topological polar surface area (TPSA) is 115 Å². The molecule has 0 spiro atoms. The molecule has 2 amide bonds. The molecule has 0 bridgehead atoms. The lowest BCUT2D eigenvalue weighted by molar-refractivity contribution is -0.147. The molecule has 2 atom stereocenters. The molecule has 2 N–H and O–H groups in total.